The number of hydrogen-bond donors (Lipinski definition) is 3. The van der Waals surface area contributed by atoms with E-state index in [2.05, 4.69) is 36.5 Å². The van der Waals surface area contributed by atoms with Crippen molar-refractivity contribution in [3.63, 3.8) is 0 Å². The highest BCUT2D eigenvalue weighted by Gasteiger charge is 2.17. The minimum atomic E-state index is -0.500. The molecule has 3 aromatic rings. The van der Waals surface area contributed by atoms with Gasteiger partial charge in [0.1, 0.15) is 11.6 Å². The molecule has 30 heavy (non-hydrogen) atoms. The second-order valence-corrected chi connectivity index (χ2v) is 7.56. The Morgan fingerprint density at radius 1 is 1.20 bits per heavy atom. The molecule has 6 nitrogen and oxygen atoms in total. The highest BCUT2D eigenvalue weighted by molar-refractivity contribution is 9.10. The Balaban J connectivity index is 1.53. The Morgan fingerprint density at radius 3 is 2.70 bits per heavy atom. The van der Waals surface area contributed by atoms with Crippen molar-refractivity contribution in [3.8, 4) is 11.3 Å². The average Bonchev–Trinajstić information content (AvgIpc) is 3.24. The Kier molecular flexibility index (Phi) is 7.35. The standard InChI is InChI=1S/C22H22BrFN4O2/c1-2-18(21-26-13-19(28-21)14-6-4-3-5-7-14)27-20(29)10-11-25-22(30)16-12-15(24)8-9-17(16)23/h3-9,12-13,18H,2,10-11H2,1H3,(H,25,30)(H,26,28)(H,27,29). The lowest BCUT2D eigenvalue weighted by Crippen LogP contribution is -2.33. The molecule has 8 heteroatoms. The van der Waals surface area contributed by atoms with Gasteiger partial charge >= 0.3 is 0 Å². The zero-order valence-electron chi connectivity index (χ0n) is 16.4. The number of rotatable bonds is 8. The van der Waals surface area contributed by atoms with Gasteiger partial charge in [-0.1, -0.05) is 37.3 Å². The van der Waals surface area contributed by atoms with Crippen LogP contribution >= 0.6 is 15.9 Å². The van der Waals surface area contributed by atoms with E-state index in [0.717, 1.165) is 17.3 Å². The van der Waals surface area contributed by atoms with E-state index in [9.17, 15) is 14.0 Å². The molecule has 0 aliphatic rings. The first-order valence-corrected chi connectivity index (χ1v) is 10.4. The topological polar surface area (TPSA) is 86.9 Å². The lowest BCUT2D eigenvalue weighted by molar-refractivity contribution is -0.121. The quantitative estimate of drug-likeness (QED) is 0.454. The first-order valence-electron chi connectivity index (χ1n) is 9.61. The molecule has 156 valence electrons. The molecule has 2 amide bonds. The molecule has 0 saturated heterocycles. The molecule has 1 unspecified atom stereocenters. The summed E-state index contributed by atoms with van der Waals surface area (Å²) in [4.78, 5) is 32.2. The van der Waals surface area contributed by atoms with Gasteiger partial charge in [-0.15, -0.1) is 0 Å². The van der Waals surface area contributed by atoms with E-state index in [1.165, 1.54) is 12.1 Å². The van der Waals surface area contributed by atoms with Gasteiger partial charge in [-0.05, 0) is 46.1 Å². The van der Waals surface area contributed by atoms with E-state index in [1.54, 1.807) is 6.20 Å². The first-order chi connectivity index (χ1) is 14.5. The number of aromatic amines is 1. The summed E-state index contributed by atoms with van der Waals surface area (Å²) in [7, 11) is 0. The summed E-state index contributed by atoms with van der Waals surface area (Å²) in [6.07, 6.45) is 2.51. The van der Waals surface area contributed by atoms with E-state index < -0.39 is 11.7 Å². The van der Waals surface area contributed by atoms with Gasteiger partial charge in [0.25, 0.3) is 5.91 Å². The number of halogens is 2. The number of hydrogen-bond acceptors (Lipinski definition) is 3. The van der Waals surface area contributed by atoms with Crippen LogP contribution in [0, 0.1) is 5.82 Å². The van der Waals surface area contributed by atoms with Gasteiger partial charge in [-0.3, -0.25) is 9.59 Å². The maximum atomic E-state index is 13.3. The SMILES string of the molecule is CCC(NC(=O)CCNC(=O)c1cc(F)ccc1Br)c1ncc(-c2ccccc2)[nH]1. The van der Waals surface area contributed by atoms with Crippen LogP contribution in [0.4, 0.5) is 4.39 Å². The number of carbonyl (C=O) groups is 2. The van der Waals surface area contributed by atoms with Crippen LogP contribution in [0.1, 0.15) is 42.0 Å². The van der Waals surface area contributed by atoms with Gasteiger partial charge in [0.15, 0.2) is 0 Å². The van der Waals surface area contributed by atoms with Crippen LogP contribution in [0.15, 0.2) is 59.2 Å². The number of amides is 2. The van der Waals surface area contributed by atoms with Crippen LogP contribution in [-0.4, -0.2) is 28.3 Å². The molecule has 1 heterocycles. The first kappa shape index (κ1) is 21.7. The van der Waals surface area contributed by atoms with Crippen molar-refractivity contribution in [3.05, 3.63) is 76.4 Å². The van der Waals surface area contributed by atoms with Crippen LogP contribution in [-0.2, 0) is 4.79 Å². The van der Waals surface area contributed by atoms with E-state index >= 15 is 0 Å². The Labute approximate surface area is 182 Å². The van der Waals surface area contributed by atoms with Crippen molar-refractivity contribution in [1.29, 1.82) is 0 Å². The summed E-state index contributed by atoms with van der Waals surface area (Å²) in [5.74, 6) is -0.476. The number of nitrogens with one attached hydrogen (secondary N) is 3. The average molecular weight is 473 g/mol. The summed E-state index contributed by atoms with van der Waals surface area (Å²) >= 11 is 3.22. The zero-order valence-corrected chi connectivity index (χ0v) is 18.0. The molecule has 3 N–H and O–H groups in total. The molecule has 0 spiro atoms. The second kappa shape index (κ2) is 10.2. The van der Waals surface area contributed by atoms with E-state index in [1.807, 2.05) is 37.3 Å². The third-order valence-electron chi connectivity index (χ3n) is 4.56. The molecule has 3 rings (SSSR count). The molecule has 1 atom stereocenters. The van der Waals surface area contributed by atoms with Crippen molar-refractivity contribution in [2.24, 2.45) is 0 Å². The summed E-state index contributed by atoms with van der Waals surface area (Å²) in [6, 6.07) is 13.4. The fourth-order valence-electron chi connectivity index (χ4n) is 2.96. The normalized spacial score (nSPS) is 11.7. The highest BCUT2D eigenvalue weighted by Crippen LogP contribution is 2.20. The molecular formula is C22H22BrFN4O2. The van der Waals surface area contributed by atoms with Gasteiger partial charge in [0, 0.05) is 17.4 Å². The summed E-state index contributed by atoms with van der Waals surface area (Å²) in [6.45, 7) is 2.09. The summed E-state index contributed by atoms with van der Waals surface area (Å²) < 4.78 is 13.8. The smallest absolute Gasteiger partial charge is 0.252 e. The minimum Gasteiger partial charge on any atom is -0.351 e. The van der Waals surface area contributed by atoms with Crippen LogP contribution in [0.5, 0.6) is 0 Å². The molecular weight excluding hydrogens is 451 g/mol. The zero-order chi connectivity index (χ0) is 21.5. The van der Waals surface area contributed by atoms with Crippen molar-refractivity contribution >= 4 is 27.7 Å². The monoisotopic (exact) mass is 472 g/mol. The van der Waals surface area contributed by atoms with Crippen LogP contribution < -0.4 is 10.6 Å². The predicted octanol–water partition coefficient (Wildman–Crippen LogP) is 4.37. The van der Waals surface area contributed by atoms with Crippen LogP contribution in [0.3, 0.4) is 0 Å². The molecule has 2 aromatic carbocycles. The van der Waals surface area contributed by atoms with Gasteiger partial charge < -0.3 is 15.6 Å². The summed E-state index contributed by atoms with van der Waals surface area (Å²) in [5.41, 5.74) is 2.08. The maximum absolute atomic E-state index is 13.3. The van der Waals surface area contributed by atoms with Crippen molar-refractivity contribution in [1.82, 2.24) is 20.6 Å². The van der Waals surface area contributed by atoms with E-state index in [0.29, 0.717) is 16.7 Å². The number of carbonyl (C=O) groups excluding carboxylic acids is 2. The van der Waals surface area contributed by atoms with E-state index in [4.69, 9.17) is 0 Å². The molecule has 0 saturated carbocycles. The Hall–Kier alpha value is -3.00. The van der Waals surface area contributed by atoms with Crippen molar-refractivity contribution in [2.75, 3.05) is 6.54 Å². The van der Waals surface area contributed by atoms with Gasteiger partial charge in [0.05, 0.1) is 23.5 Å². The fourth-order valence-corrected chi connectivity index (χ4v) is 3.39. The van der Waals surface area contributed by atoms with Gasteiger partial charge in [-0.25, -0.2) is 9.37 Å². The van der Waals surface area contributed by atoms with Crippen LogP contribution in [0.25, 0.3) is 11.3 Å². The Bertz CT molecular complexity index is 1020. The summed E-state index contributed by atoms with van der Waals surface area (Å²) in [5, 5.41) is 5.56. The minimum absolute atomic E-state index is 0.0986. The Morgan fingerprint density at radius 2 is 1.97 bits per heavy atom. The molecule has 0 bridgehead atoms. The van der Waals surface area contributed by atoms with E-state index in [-0.39, 0.29) is 30.5 Å². The largest absolute Gasteiger partial charge is 0.351 e. The molecule has 0 aliphatic heterocycles. The number of imidazole rings is 1. The second-order valence-electron chi connectivity index (χ2n) is 6.71. The number of nitrogens with zero attached hydrogens (tertiary/aromatic N) is 1. The number of aromatic nitrogens is 2. The van der Waals surface area contributed by atoms with Gasteiger partial charge in [0.2, 0.25) is 5.91 Å². The predicted molar refractivity (Wildman–Crippen MR) is 116 cm³/mol. The fraction of sp³-hybridized carbons (Fsp3) is 0.227. The lowest BCUT2D eigenvalue weighted by atomic mass is 10.2. The van der Waals surface area contributed by atoms with Crippen molar-refractivity contribution < 1.29 is 14.0 Å². The maximum Gasteiger partial charge on any atom is 0.252 e. The van der Waals surface area contributed by atoms with Crippen molar-refractivity contribution in [2.45, 2.75) is 25.8 Å². The lowest BCUT2D eigenvalue weighted by Gasteiger charge is -2.15. The van der Waals surface area contributed by atoms with Gasteiger partial charge in [-0.2, -0.15) is 0 Å². The number of H-pyrrole nitrogens is 1. The molecule has 0 aliphatic carbocycles. The number of benzene rings is 2. The van der Waals surface area contributed by atoms with Crippen LogP contribution in [0.2, 0.25) is 0 Å². The molecule has 1 aromatic heterocycles. The third kappa shape index (κ3) is 5.54. The highest BCUT2D eigenvalue weighted by atomic mass is 79.9. The molecule has 0 fully saturated rings. The third-order valence-corrected chi connectivity index (χ3v) is 5.26. The molecule has 0 radical (unpaired) electrons.